The van der Waals surface area contributed by atoms with Crippen LogP contribution in [0.25, 0.3) is 0 Å². The summed E-state index contributed by atoms with van der Waals surface area (Å²) in [5.41, 5.74) is 0.980. The topological polar surface area (TPSA) is 68.0 Å². The minimum Gasteiger partial charge on any atom is -0.336 e. The molecule has 0 aliphatic rings. The second kappa shape index (κ2) is 7.80. The van der Waals surface area contributed by atoms with Gasteiger partial charge in [-0.15, -0.1) is 0 Å². The van der Waals surface area contributed by atoms with Crippen LogP contribution in [0.15, 0.2) is 24.9 Å². The first-order chi connectivity index (χ1) is 11.1. The van der Waals surface area contributed by atoms with Crippen molar-refractivity contribution < 1.29 is 4.79 Å². The van der Waals surface area contributed by atoms with Crippen molar-refractivity contribution in [1.82, 2.24) is 24.2 Å². The third-order valence-corrected chi connectivity index (χ3v) is 4.09. The highest BCUT2D eigenvalue weighted by Gasteiger charge is 2.18. The smallest absolute Gasteiger partial charge is 0.322 e. The molecule has 0 bridgehead atoms. The van der Waals surface area contributed by atoms with E-state index in [9.17, 15) is 4.79 Å². The van der Waals surface area contributed by atoms with E-state index in [0.717, 1.165) is 24.2 Å². The predicted octanol–water partition coefficient (Wildman–Crippen LogP) is 2.91. The van der Waals surface area contributed by atoms with Crippen LogP contribution in [0.4, 0.5) is 10.6 Å². The van der Waals surface area contributed by atoms with Gasteiger partial charge in [0.25, 0.3) is 0 Å². The molecule has 0 aliphatic heterocycles. The van der Waals surface area contributed by atoms with Crippen LogP contribution >= 0.6 is 0 Å². The SMILES string of the molecule is CCC(CC)n1ncc(C)c1NC(=O)N(C)CCn1ccnc1. The average molecular weight is 318 g/mol. The molecule has 126 valence electrons. The van der Waals surface area contributed by atoms with Gasteiger partial charge in [0.15, 0.2) is 0 Å². The number of hydrogen-bond donors (Lipinski definition) is 1. The molecule has 0 saturated carbocycles. The standard InChI is InChI=1S/C16H26N6O/c1-5-14(6-2)22-15(13(3)11-18-22)19-16(23)20(4)9-10-21-8-7-17-12-21/h7-8,11-12,14H,5-6,9-10H2,1-4H3,(H,19,23). The molecule has 0 saturated heterocycles. The molecule has 2 amide bonds. The molecule has 0 atom stereocenters. The molecule has 2 rings (SSSR count). The molecular formula is C16H26N6O. The lowest BCUT2D eigenvalue weighted by atomic mass is 10.2. The number of imidazole rings is 1. The summed E-state index contributed by atoms with van der Waals surface area (Å²) in [5.74, 6) is 0.790. The monoisotopic (exact) mass is 318 g/mol. The summed E-state index contributed by atoms with van der Waals surface area (Å²) >= 11 is 0. The van der Waals surface area contributed by atoms with Gasteiger partial charge in [0.05, 0.1) is 18.6 Å². The number of anilines is 1. The molecule has 0 aliphatic carbocycles. The Hall–Kier alpha value is -2.31. The summed E-state index contributed by atoms with van der Waals surface area (Å²) in [6, 6.07) is 0.177. The van der Waals surface area contributed by atoms with Gasteiger partial charge in [-0.2, -0.15) is 5.10 Å². The third kappa shape index (κ3) is 4.12. The quantitative estimate of drug-likeness (QED) is 0.853. The highest BCUT2D eigenvalue weighted by molar-refractivity contribution is 5.88. The maximum Gasteiger partial charge on any atom is 0.322 e. The molecule has 0 fully saturated rings. The Labute approximate surface area is 137 Å². The molecule has 23 heavy (non-hydrogen) atoms. The first kappa shape index (κ1) is 17.1. The van der Waals surface area contributed by atoms with Gasteiger partial charge in [-0.1, -0.05) is 13.8 Å². The molecule has 2 heterocycles. The molecule has 1 N–H and O–H groups in total. The number of carbonyl (C=O) groups excluding carboxylic acids is 1. The Kier molecular flexibility index (Phi) is 5.78. The lowest BCUT2D eigenvalue weighted by Gasteiger charge is -2.21. The van der Waals surface area contributed by atoms with Gasteiger partial charge in [0, 0.05) is 38.1 Å². The van der Waals surface area contributed by atoms with Gasteiger partial charge in [0.2, 0.25) is 0 Å². The number of hydrogen-bond acceptors (Lipinski definition) is 3. The zero-order chi connectivity index (χ0) is 16.8. The fraction of sp³-hybridized carbons (Fsp3) is 0.562. The number of nitrogens with zero attached hydrogens (tertiary/aromatic N) is 5. The first-order valence-corrected chi connectivity index (χ1v) is 8.08. The van der Waals surface area contributed by atoms with E-state index >= 15 is 0 Å². The van der Waals surface area contributed by atoms with E-state index in [0.29, 0.717) is 19.1 Å². The lowest BCUT2D eigenvalue weighted by molar-refractivity contribution is 0.220. The molecule has 0 radical (unpaired) electrons. The van der Waals surface area contributed by atoms with Gasteiger partial charge >= 0.3 is 6.03 Å². The van der Waals surface area contributed by atoms with Crippen molar-refractivity contribution in [3.8, 4) is 0 Å². The number of aromatic nitrogens is 4. The van der Waals surface area contributed by atoms with Gasteiger partial charge in [-0.3, -0.25) is 5.32 Å². The van der Waals surface area contributed by atoms with E-state index < -0.39 is 0 Å². The van der Waals surface area contributed by atoms with Gasteiger partial charge in [0.1, 0.15) is 5.82 Å². The summed E-state index contributed by atoms with van der Waals surface area (Å²) in [5, 5.41) is 7.43. The van der Waals surface area contributed by atoms with Crippen LogP contribution in [-0.2, 0) is 6.54 Å². The summed E-state index contributed by atoms with van der Waals surface area (Å²) < 4.78 is 3.88. The largest absolute Gasteiger partial charge is 0.336 e. The number of nitrogens with one attached hydrogen (secondary N) is 1. The van der Waals surface area contributed by atoms with E-state index in [-0.39, 0.29) is 6.03 Å². The number of carbonyl (C=O) groups is 1. The van der Waals surface area contributed by atoms with Crippen LogP contribution in [0, 0.1) is 6.92 Å². The normalized spacial score (nSPS) is 11.0. The van der Waals surface area contributed by atoms with Crippen LogP contribution in [0.2, 0.25) is 0 Å². The van der Waals surface area contributed by atoms with Crippen molar-refractivity contribution in [3.05, 3.63) is 30.5 Å². The van der Waals surface area contributed by atoms with Crippen LogP contribution in [0.5, 0.6) is 0 Å². The molecule has 0 spiro atoms. The Morgan fingerprint density at radius 2 is 2.13 bits per heavy atom. The van der Waals surface area contributed by atoms with Gasteiger partial charge in [-0.05, 0) is 19.8 Å². The van der Waals surface area contributed by atoms with Crippen LogP contribution < -0.4 is 5.32 Å². The van der Waals surface area contributed by atoms with Crippen molar-refractivity contribution in [2.24, 2.45) is 0 Å². The van der Waals surface area contributed by atoms with Crippen molar-refractivity contribution in [1.29, 1.82) is 0 Å². The number of rotatable bonds is 7. The minimum absolute atomic E-state index is 0.124. The number of likely N-dealkylation sites (N-methyl/N-ethyl adjacent to an activating group) is 1. The summed E-state index contributed by atoms with van der Waals surface area (Å²) in [6.45, 7) is 7.56. The van der Waals surface area contributed by atoms with Crippen molar-refractivity contribution in [3.63, 3.8) is 0 Å². The van der Waals surface area contributed by atoms with Gasteiger partial charge < -0.3 is 9.47 Å². The Balaban J connectivity index is 2.00. The van der Waals surface area contributed by atoms with Crippen molar-refractivity contribution in [2.75, 3.05) is 18.9 Å². The van der Waals surface area contributed by atoms with E-state index in [2.05, 4.69) is 29.2 Å². The van der Waals surface area contributed by atoms with Crippen LogP contribution in [0.1, 0.15) is 38.3 Å². The second-order valence-electron chi connectivity index (χ2n) is 5.74. The van der Waals surface area contributed by atoms with E-state index in [1.807, 2.05) is 22.4 Å². The highest BCUT2D eigenvalue weighted by atomic mass is 16.2. The Morgan fingerprint density at radius 3 is 2.74 bits per heavy atom. The summed E-state index contributed by atoms with van der Waals surface area (Å²) in [6.07, 6.45) is 9.14. The maximum atomic E-state index is 12.4. The first-order valence-electron chi connectivity index (χ1n) is 8.08. The minimum atomic E-state index is -0.124. The molecule has 7 nitrogen and oxygen atoms in total. The van der Waals surface area contributed by atoms with E-state index in [1.165, 1.54) is 0 Å². The lowest BCUT2D eigenvalue weighted by Crippen LogP contribution is -2.34. The average Bonchev–Trinajstić information content (AvgIpc) is 3.18. The number of aryl methyl sites for hydroxylation is 1. The second-order valence-corrected chi connectivity index (χ2v) is 5.74. The third-order valence-electron chi connectivity index (χ3n) is 4.09. The van der Waals surface area contributed by atoms with Crippen molar-refractivity contribution >= 4 is 11.8 Å². The maximum absolute atomic E-state index is 12.4. The molecule has 2 aromatic heterocycles. The van der Waals surface area contributed by atoms with E-state index in [4.69, 9.17) is 0 Å². The molecule has 0 aromatic carbocycles. The number of amides is 2. The molecule has 2 aromatic rings. The highest BCUT2D eigenvalue weighted by Crippen LogP contribution is 2.23. The molecule has 0 unspecified atom stereocenters. The summed E-state index contributed by atoms with van der Waals surface area (Å²) in [4.78, 5) is 18.1. The molecular weight excluding hydrogens is 292 g/mol. The van der Waals surface area contributed by atoms with Gasteiger partial charge in [-0.25, -0.2) is 14.5 Å². The van der Waals surface area contributed by atoms with Crippen LogP contribution in [0.3, 0.4) is 0 Å². The Morgan fingerprint density at radius 1 is 1.39 bits per heavy atom. The zero-order valence-electron chi connectivity index (χ0n) is 14.4. The fourth-order valence-electron chi connectivity index (χ4n) is 2.50. The van der Waals surface area contributed by atoms with Crippen molar-refractivity contribution in [2.45, 2.75) is 46.2 Å². The summed E-state index contributed by atoms with van der Waals surface area (Å²) in [7, 11) is 1.79. The molecule has 7 heteroatoms. The zero-order valence-corrected chi connectivity index (χ0v) is 14.4. The fourth-order valence-corrected chi connectivity index (χ4v) is 2.50. The Bertz CT molecular complexity index is 615. The van der Waals surface area contributed by atoms with E-state index in [1.54, 1.807) is 30.7 Å². The predicted molar refractivity (Wildman–Crippen MR) is 90.5 cm³/mol. The number of urea groups is 1. The van der Waals surface area contributed by atoms with Crippen LogP contribution in [-0.4, -0.2) is 43.9 Å².